The van der Waals surface area contributed by atoms with Gasteiger partial charge in [0.25, 0.3) is 0 Å². The summed E-state index contributed by atoms with van der Waals surface area (Å²) in [5, 5.41) is 0.801. The van der Waals surface area contributed by atoms with E-state index in [1.165, 1.54) is 0 Å². The van der Waals surface area contributed by atoms with E-state index >= 15 is 0 Å². The second-order valence-corrected chi connectivity index (χ2v) is 6.32. The van der Waals surface area contributed by atoms with Crippen molar-refractivity contribution < 1.29 is 23.5 Å². The molecule has 0 bridgehead atoms. The lowest BCUT2D eigenvalue weighted by Gasteiger charge is -2.12. The van der Waals surface area contributed by atoms with Crippen LogP contribution in [-0.4, -0.2) is 24.5 Å². The van der Waals surface area contributed by atoms with Crippen LogP contribution < -0.4 is 0 Å². The summed E-state index contributed by atoms with van der Waals surface area (Å²) in [6, 6.07) is 14.5. The van der Waals surface area contributed by atoms with E-state index in [1.807, 2.05) is 44.2 Å². The number of hydrogen-bond acceptors (Lipinski definition) is 5. The third-order valence-electron chi connectivity index (χ3n) is 4.32. The van der Waals surface area contributed by atoms with Gasteiger partial charge < -0.3 is 13.9 Å². The van der Waals surface area contributed by atoms with Crippen LogP contribution in [0.4, 0.5) is 0 Å². The lowest BCUT2D eigenvalue weighted by molar-refractivity contribution is 0.0285. The Morgan fingerprint density at radius 1 is 1.07 bits per heavy atom. The van der Waals surface area contributed by atoms with Gasteiger partial charge in [0, 0.05) is 23.1 Å². The van der Waals surface area contributed by atoms with E-state index in [9.17, 15) is 9.59 Å². The molecule has 5 nitrogen and oxygen atoms in total. The van der Waals surface area contributed by atoms with E-state index < -0.39 is 12.1 Å². The largest absolute Gasteiger partial charge is 0.449 e. The maximum Gasteiger partial charge on any atom is 0.375 e. The molecule has 0 saturated heterocycles. The number of benzene rings is 2. The number of hydrogen-bond donors (Lipinski definition) is 0. The maximum absolute atomic E-state index is 12.7. The molecule has 1 heterocycles. The van der Waals surface area contributed by atoms with Crippen LogP contribution in [-0.2, 0) is 16.1 Å². The molecule has 2 aromatic carbocycles. The summed E-state index contributed by atoms with van der Waals surface area (Å²) in [5.41, 5.74) is 2.77. The van der Waals surface area contributed by atoms with Crippen molar-refractivity contribution in [1.29, 1.82) is 0 Å². The first-order valence-corrected chi connectivity index (χ1v) is 8.91. The second-order valence-electron chi connectivity index (χ2n) is 6.32. The predicted octanol–water partition coefficient (Wildman–Crippen LogP) is 4.71. The zero-order valence-corrected chi connectivity index (χ0v) is 15.7. The summed E-state index contributed by atoms with van der Waals surface area (Å²) in [5.74, 6) is -0.854. The summed E-state index contributed by atoms with van der Waals surface area (Å²) >= 11 is 0. The van der Waals surface area contributed by atoms with Gasteiger partial charge in [-0.3, -0.25) is 4.79 Å². The molecule has 140 valence electrons. The normalized spacial score (nSPS) is 12.1. The van der Waals surface area contributed by atoms with Crippen LogP contribution in [0.2, 0.25) is 0 Å². The van der Waals surface area contributed by atoms with Crippen molar-refractivity contribution in [1.82, 2.24) is 0 Å². The van der Waals surface area contributed by atoms with Crippen LogP contribution in [0.25, 0.3) is 11.0 Å². The lowest BCUT2D eigenvalue weighted by atomic mass is 10.1. The second kappa shape index (κ2) is 8.18. The Hall–Kier alpha value is -2.92. The van der Waals surface area contributed by atoms with Gasteiger partial charge in [-0.2, -0.15) is 0 Å². The molecule has 0 N–H and O–H groups in total. The highest BCUT2D eigenvalue weighted by Crippen LogP contribution is 2.27. The highest BCUT2D eigenvalue weighted by Gasteiger charge is 2.26. The highest BCUT2D eigenvalue weighted by molar-refractivity contribution is 6.02. The summed E-state index contributed by atoms with van der Waals surface area (Å²) < 4.78 is 16.6. The van der Waals surface area contributed by atoms with Crippen LogP contribution in [0.1, 0.15) is 45.9 Å². The molecule has 0 spiro atoms. The topological polar surface area (TPSA) is 65.7 Å². The Labute approximate surface area is 157 Å². The number of carbonyl (C=O) groups is 2. The highest BCUT2D eigenvalue weighted by atomic mass is 16.6. The van der Waals surface area contributed by atoms with Gasteiger partial charge in [-0.05, 0) is 26.8 Å². The number of rotatable bonds is 7. The molecule has 0 aliphatic rings. The van der Waals surface area contributed by atoms with Crippen LogP contribution >= 0.6 is 0 Å². The number of esters is 1. The minimum absolute atomic E-state index is 0.0770. The fraction of sp³-hybridized carbons (Fsp3) is 0.273. The van der Waals surface area contributed by atoms with Crippen LogP contribution in [0, 0.1) is 6.92 Å². The third kappa shape index (κ3) is 4.09. The summed E-state index contributed by atoms with van der Waals surface area (Å²) in [4.78, 5) is 25.2. The number of fused-ring (bicyclic) bond motifs is 1. The van der Waals surface area contributed by atoms with E-state index in [1.54, 1.807) is 25.1 Å². The first kappa shape index (κ1) is 18.9. The molecule has 27 heavy (non-hydrogen) atoms. The van der Waals surface area contributed by atoms with Gasteiger partial charge in [0.05, 0.1) is 6.61 Å². The molecule has 1 unspecified atom stereocenters. The zero-order chi connectivity index (χ0) is 19.4. The fourth-order valence-electron chi connectivity index (χ4n) is 2.83. The molecule has 5 heteroatoms. The number of Topliss-reactive ketones (excluding diaryl/α,β-unsaturated/α-hetero) is 1. The van der Waals surface area contributed by atoms with E-state index in [4.69, 9.17) is 13.9 Å². The Balaban J connectivity index is 1.82. The van der Waals surface area contributed by atoms with Crippen molar-refractivity contribution in [3.05, 3.63) is 71.0 Å². The predicted molar refractivity (Wildman–Crippen MR) is 102 cm³/mol. The summed E-state index contributed by atoms with van der Waals surface area (Å²) in [7, 11) is 0. The molecule has 0 fully saturated rings. The van der Waals surface area contributed by atoms with Crippen molar-refractivity contribution in [3.8, 4) is 0 Å². The van der Waals surface area contributed by atoms with Gasteiger partial charge in [0.1, 0.15) is 5.58 Å². The Bertz CT molecular complexity index is 952. The van der Waals surface area contributed by atoms with Gasteiger partial charge in [-0.25, -0.2) is 4.79 Å². The first-order chi connectivity index (χ1) is 13.0. The number of furan rings is 1. The molecule has 3 rings (SSSR count). The maximum atomic E-state index is 12.7. The average molecular weight is 366 g/mol. The third-order valence-corrected chi connectivity index (χ3v) is 4.32. The number of para-hydroxylation sites is 1. The van der Waals surface area contributed by atoms with Gasteiger partial charge >= 0.3 is 5.97 Å². The van der Waals surface area contributed by atoms with Crippen molar-refractivity contribution >= 4 is 22.7 Å². The minimum Gasteiger partial charge on any atom is -0.449 e. The summed E-state index contributed by atoms with van der Waals surface area (Å²) in [6.07, 6.45) is -0.923. The molecule has 0 radical (unpaired) electrons. The molecular weight excluding hydrogens is 344 g/mol. The first-order valence-electron chi connectivity index (χ1n) is 8.91. The lowest BCUT2D eigenvalue weighted by Crippen LogP contribution is -2.24. The smallest absolute Gasteiger partial charge is 0.375 e. The number of ketones is 1. The molecule has 1 aromatic heterocycles. The van der Waals surface area contributed by atoms with E-state index in [0.717, 1.165) is 10.9 Å². The standard InChI is InChI=1S/C22H22O5/c1-4-25-13-18-17-7-5-6-8-19(17)27-21(18)22(24)26-15(3)20(23)16-11-9-14(2)10-12-16/h5-12,15H,4,13H2,1-3H3. The average Bonchev–Trinajstić information content (AvgIpc) is 3.05. The molecule has 0 aliphatic heterocycles. The SMILES string of the molecule is CCOCc1c(C(=O)OC(C)C(=O)c2ccc(C)cc2)oc2ccccc12. The van der Waals surface area contributed by atoms with Crippen LogP contribution in [0.5, 0.6) is 0 Å². The Morgan fingerprint density at radius 2 is 1.78 bits per heavy atom. The van der Waals surface area contributed by atoms with Crippen molar-refractivity contribution in [3.63, 3.8) is 0 Å². The van der Waals surface area contributed by atoms with Crippen LogP contribution in [0.3, 0.4) is 0 Å². The van der Waals surface area contributed by atoms with Crippen LogP contribution in [0.15, 0.2) is 52.9 Å². The summed E-state index contributed by atoms with van der Waals surface area (Å²) in [6.45, 7) is 6.13. The molecule has 0 aliphatic carbocycles. The molecule has 3 aromatic rings. The van der Waals surface area contributed by atoms with E-state index in [0.29, 0.717) is 23.3 Å². The molecule has 0 amide bonds. The fourth-order valence-corrected chi connectivity index (χ4v) is 2.83. The zero-order valence-electron chi connectivity index (χ0n) is 15.7. The number of ether oxygens (including phenoxy) is 2. The number of carbonyl (C=O) groups excluding carboxylic acids is 2. The molecule has 0 saturated carbocycles. The minimum atomic E-state index is -0.923. The number of aryl methyl sites for hydroxylation is 1. The van der Waals surface area contributed by atoms with Gasteiger partial charge in [0.2, 0.25) is 11.5 Å². The van der Waals surface area contributed by atoms with Gasteiger partial charge in [0.15, 0.2) is 6.10 Å². The monoisotopic (exact) mass is 366 g/mol. The quantitative estimate of drug-likeness (QED) is 0.448. The van der Waals surface area contributed by atoms with E-state index in [2.05, 4.69) is 0 Å². The van der Waals surface area contributed by atoms with Crippen molar-refractivity contribution in [2.75, 3.05) is 6.61 Å². The van der Waals surface area contributed by atoms with Crippen molar-refractivity contribution in [2.24, 2.45) is 0 Å². The van der Waals surface area contributed by atoms with Gasteiger partial charge in [-0.15, -0.1) is 0 Å². The van der Waals surface area contributed by atoms with E-state index in [-0.39, 0.29) is 18.2 Å². The van der Waals surface area contributed by atoms with Crippen molar-refractivity contribution in [2.45, 2.75) is 33.5 Å². The molecular formula is C22H22O5. The Kier molecular flexibility index (Phi) is 5.72. The molecule has 1 atom stereocenters. The van der Waals surface area contributed by atoms with Gasteiger partial charge in [-0.1, -0.05) is 48.0 Å². The Morgan fingerprint density at radius 3 is 2.48 bits per heavy atom.